The van der Waals surface area contributed by atoms with Crippen LogP contribution in [0.5, 0.6) is 0 Å². The molecule has 146 valence electrons. The Morgan fingerprint density at radius 1 is 1.18 bits per heavy atom. The van der Waals surface area contributed by atoms with Crippen molar-refractivity contribution in [3.63, 3.8) is 0 Å². The number of hydrogen-bond acceptors (Lipinski definition) is 6. The number of amides is 1. The topological polar surface area (TPSA) is 76.2 Å². The fourth-order valence-electron chi connectivity index (χ4n) is 3.10. The van der Waals surface area contributed by atoms with E-state index in [4.69, 9.17) is 4.42 Å². The van der Waals surface area contributed by atoms with Crippen molar-refractivity contribution in [3.8, 4) is 0 Å². The number of nitrogens with zero attached hydrogens (tertiary/aromatic N) is 4. The van der Waals surface area contributed by atoms with Crippen LogP contribution in [0.4, 0.5) is 11.6 Å². The molecule has 1 aliphatic heterocycles. The minimum atomic E-state index is -0.0809. The molecular formula is C19H20BrN5O2S. The summed E-state index contributed by atoms with van der Waals surface area (Å²) in [5.41, 5.74) is 0.767. The van der Waals surface area contributed by atoms with Gasteiger partial charge in [0.15, 0.2) is 5.16 Å². The van der Waals surface area contributed by atoms with Gasteiger partial charge in [-0.25, -0.2) is 0 Å². The Balaban J connectivity index is 1.45. The van der Waals surface area contributed by atoms with Crippen molar-refractivity contribution in [3.05, 3.63) is 52.9 Å². The number of anilines is 2. The van der Waals surface area contributed by atoms with E-state index in [1.807, 2.05) is 41.0 Å². The van der Waals surface area contributed by atoms with Gasteiger partial charge >= 0.3 is 0 Å². The Kier molecular flexibility index (Phi) is 6.01. The maximum atomic E-state index is 12.3. The number of furan rings is 1. The van der Waals surface area contributed by atoms with E-state index < -0.39 is 0 Å². The minimum Gasteiger partial charge on any atom is -0.467 e. The van der Waals surface area contributed by atoms with Crippen LogP contribution in [0.25, 0.3) is 0 Å². The standard InChI is InChI=1S/C19H20BrN5O2S/c20-14-5-7-15(8-6-14)21-17(26)13-28-19-23-22-18(24-9-1-2-10-24)25(19)12-16-4-3-11-27-16/h3-8,11H,1-2,9-10,12-13H2,(H,21,26). The molecule has 0 bridgehead atoms. The van der Waals surface area contributed by atoms with Crippen LogP contribution in [0, 0.1) is 0 Å². The number of carbonyl (C=O) groups excluding carboxylic acids is 1. The third-order valence-corrected chi connectivity index (χ3v) is 5.94. The molecule has 0 saturated carbocycles. The van der Waals surface area contributed by atoms with Gasteiger partial charge in [-0.1, -0.05) is 27.7 Å². The molecule has 1 aromatic carbocycles. The molecule has 1 saturated heterocycles. The lowest BCUT2D eigenvalue weighted by Crippen LogP contribution is -2.22. The van der Waals surface area contributed by atoms with Gasteiger partial charge in [-0.2, -0.15) is 0 Å². The summed E-state index contributed by atoms with van der Waals surface area (Å²) < 4.78 is 8.51. The highest BCUT2D eigenvalue weighted by atomic mass is 79.9. The quantitative estimate of drug-likeness (QED) is 0.535. The lowest BCUT2D eigenvalue weighted by molar-refractivity contribution is -0.113. The first-order valence-corrected chi connectivity index (χ1v) is 10.9. The van der Waals surface area contributed by atoms with Crippen LogP contribution in [-0.2, 0) is 11.3 Å². The van der Waals surface area contributed by atoms with Crippen molar-refractivity contribution in [2.24, 2.45) is 0 Å². The van der Waals surface area contributed by atoms with Gasteiger partial charge in [-0.05, 0) is 49.2 Å². The molecule has 28 heavy (non-hydrogen) atoms. The molecule has 0 unspecified atom stereocenters. The van der Waals surface area contributed by atoms with Gasteiger partial charge in [0.25, 0.3) is 0 Å². The normalized spacial score (nSPS) is 13.8. The summed E-state index contributed by atoms with van der Waals surface area (Å²) in [5.74, 6) is 1.85. The van der Waals surface area contributed by atoms with Crippen LogP contribution >= 0.6 is 27.7 Å². The van der Waals surface area contributed by atoms with Crippen LogP contribution in [0.15, 0.2) is 56.7 Å². The Labute approximate surface area is 175 Å². The second-order valence-electron chi connectivity index (χ2n) is 6.49. The Morgan fingerprint density at radius 2 is 1.96 bits per heavy atom. The first-order chi connectivity index (χ1) is 13.7. The van der Waals surface area contributed by atoms with Crippen molar-refractivity contribution in [1.82, 2.24) is 14.8 Å². The summed E-state index contributed by atoms with van der Waals surface area (Å²) in [4.78, 5) is 14.6. The van der Waals surface area contributed by atoms with Gasteiger partial charge in [-0.3, -0.25) is 9.36 Å². The fourth-order valence-corrected chi connectivity index (χ4v) is 4.09. The molecule has 0 radical (unpaired) electrons. The molecule has 1 N–H and O–H groups in total. The zero-order valence-electron chi connectivity index (χ0n) is 15.2. The van der Waals surface area contributed by atoms with Gasteiger partial charge in [-0.15, -0.1) is 10.2 Å². The number of halogens is 1. The summed E-state index contributed by atoms with van der Waals surface area (Å²) in [6.45, 7) is 2.50. The van der Waals surface area contributed by atoms with Crippen molar-refractivity contribution in [1.29, 1.82) is 0 Å². The highest BCUT2D eigenvalue weighted by Gasteiger charge is 2.22. The Morgan fingerprint density at radius 3 is 2.68 bits per heavy atom. The van der Waals surface area contributed by atoms with E-state index in [9.17, 15) is 4.79 Å². The molecule has 0 spiro atoms. The first-order valence-electron chi connectivity index (χ1n) is 9.08. The summed E-state index contributed by atoms with van der Waals surface area (Å²) in [6.07, 6.45) is 3.98. The van der Waals surface area contributed by atoms with Crippen molar-refractivity contribution < 1.29 is 9.21 Å². The van der Waals surface area contributed by atoms with Crippen molar-refractivity contribution in [2.75, 3.05) is 29.1 Å². The smallest absolute Gasteiger partial charge is 0.234 e. The molecule has 0 atom stereocenters. The lowest BCUT2D eigenvalue weighted by Gasteiger charge is -2.17. The summed E-state index contributed by atoms with van der Waals surface area (Å²) in [7, 11) is 0. The zero-order valence-corrected chi connectivity index (χ0v) is 17.6. The molecule has 1 fully saturated rings. The molecule has 1 aliphatic rings. The van der Waals surface area contributed by atoms with Gasteiger partial charge in [0, 0.05) is 23.2 Å². The monoisotopic (exact) mass is 461 g/mol. The van der Waals surface area contributed by atoms with Crippen molar-refractivity contribution >= 4 is 45.2 Å². The number of hydrogen-bond donors (Lipinski definition) is 1. The maximum absolute atomic E-state index is 12.3. The predicted octanol–water partition coefficient (Wildman–Crippen LogP) is 4.01. The second kappa shape index (κ2) is 8.83. The molecule has 9 heteroatoms. The number of thioether (sulfide) groups is 1. The van der Waals surface area contributed by atoms with E-state index in [2.05, 4.69) is 36.3 Å². The van der Waals surface area contributed by atoms with Gasteiger partial charge < -0.3 is 14.6 Å². The number of nitrogens with one attached hydrogen (secondary N) is 1. The molecule has 4 rings (SSSR count). The molecule has 2 aromatic heterocycles. The van der Waals surface area contributed by atoms with E-state index >= 15 is 0 Å². The third kappa shape index (κ3) is 4.59. The average molecular weight is 462 g/mol. The first kappa shape index (κ1) is 19.1. The summed E-state index contributed by atoms with van der Waals surface area (Å²) in [6, 6.07) is 11.3. The van der Waals surface area contributed by atoms with Crippen LogP contribution < -0.4 is 10.2 Å². The molecular weight excluding hydrogens is 442 g/mol. The van der Waals surface area contributed by atoms with Crippen molar-refractivity contribution in [2.45, 2.75) is 24.5 Å². The average Bonchev–Trinajstić information content (AvgIpc) is 3.44. The summed E-state index contributed by atoms with van der Waals surface area (Å²) in [5, 5.41) is 12.3. The Bertz CT molecular complexity index is 920. The van der Waals surface area contributed by atoms with E-state index in [-0.39, 0.29) is 11.7 Å². The van der Waals surface area contributed by atoms with E-state index in [0.717, 1.165) is 47.8 Å². The molecule has 3 heterocycles. The highest BCUT2D eigenvalue weighted by Crippen LogP contribution is 2.26. The molecule has 1 amide bonds. The van der Waals surface area contributed by atoms with Crippen LogP contribution in [0.3, 0.4) is 0 Å². The van der Waals surface area contributed by atoms with E-state index in [1.54, 1.807) is 6.26 Å². The fraction of sp³-hybridized carbons (Fsp3) is 0.316. The SMILES string of the molecule is O=C(CSc1nnc(N2CCCC2)n1Cc1ccco1)Nc1ccc(Br)cc1. The highest BCUT2D eigenvalue weighted by molar-refractivity contribution is 9.10. The number of carbonyl (C=O) groups is 1. The number of rotatable bonds is 7. The largest absolute Gasteiger partial charge is 0.467 e. The molecule has 0 aliphatic carbocycles. The number of aromatic nitrogens is 3. The second-order valence-corrected chi connectivity index (χ2v) is 8.34. The van der Waals surface area contributed by atoms with Gasteiger partial charge in [0.1, 0.15) is 5.76 Å². The molecule has 7 nitrogen and oxygen atoms in total. The zero-order chi connectivity index (χ0) is 19.3. The maximum Gasteiger partial charge on any atom is 0.234 e. The predicted molar refractivity (Wildman–Crippen MR) is 113 cm³/mol. The van der Waals surface area contributed by atoms with Crippen LogP contribution in [0.1, 0.15) is 18.6 Å². The summed E-state index contributed by atoms with van der Waals surface area (Å²) >= 11 is 4.77. The minimum absolute atomic E-state index is 0.0809. The lowest BCUT2D eigenvalue weighted by atomic mass is 10.3. The van der Waals surface area contributed by atoms with E-state index in [0.29, 0.717) is 11.7 Å². The third-order valence-electron chi connectivity index (χ3n) is 4.44. The van der Waals surface area contributed by atoms with E-state index in [1.165, 1.54) is 11.8 Å². The number of benzene rings is 1. The van der Waals surface area contributed by atoms with Gasteiger partial charge in [0.2, 0.25) is 11.9 Å². The molecule has 3 aromatic rings. The van der Waals surface area contributed by atoms with Gasteiger partial charge in [0.05, 0.1) is 18.6 Å². The Hall–Kier alpha value is -2.26. The van der Waals surface area contributed by atoms with Crippen LogP contribution in [-0.4, -0.2) is 39.5 Å². The van der Waals surface area contributed by atoms with Crippen LogP contribution in [0.2, 0.25) is 0 Å².